The molecule has 0 fully saturated rings. The van der Waals surface area contributed by atoms with Gasteiger partial charge in [0.1, 0.15) is 35.7 Å². The van der Waals surface area contributed by atoms with E-state index in [0.29, 0.717) is 12.1 Å². The number of nitrogens with zero attached hydrogens (tertiary/aromatic N) is 8. The molecule has 4 aromatic heterocycles. The summed E-state index contributed by atoms with van der Waals surface area (Å²) in [6.45, 7) is 0.759. The third-order valence-electron chi connectivity index (χ3n) is 7.47. The van der Waals surface area contributed by atoms with Gasteiger partial charge in [-0.1, -0.05) is 26.0 Å². The first-order valence-corrected chi connectivity index (χ1v) is 16.8. The highest BCUT2D eigenvalue weighted by molar-refractivity contribution is 5.81. The Balaban J connectivity index is 0.000000258. The zero-order valence-electron chi connectivity index (χ0n) is 31.3. The highest BCUT2D eigenvalue weighted by Crippen LogP contribution is 2.31. The number of carbonyl (C=O) groups excluding carboxylic acids is 2. The Bertz CT molecular complexity index is 2440. The summed E-state index contributed by atoms with van der Waals surface area (Å²) >= 11 is 0. The monoisotopic (exact) mass is 882 g/mol. The van der Waals surface area contributed by atoms with Crippen molar-refractivity contribution in [2.75, 3.05) is 24.9 Å². The summed E-state index contributed by atoms with van der Waals surface area (Å²) in [5, 5.41) is 12.8. The van der Waals surface area contributed by atoms with E-state index in [0.717, 1.165) is 72.3 Å². The van der Waals surface area contributed by atoms with E-state index >= 15 is 0 Å². The number of benzene rings is 2. The van der Waals surface area contributed by atoms with E-state index in [9.17, 15) is 57.9 Å². The SMILES string of the molecule is CC.COC(=O)C(Nc1cc(C(F)F)nc2ncnn12)c1ccc(OC(F)(F)F)c(F)c1.COC(=O)C(Nc1cc(C(F)F)nc2ncnn12)c1ccc(OC(F)F)c(F)c1. The standard InChI is InChI=1S/C16H11F6N5O3.C16H12F5N5O3.C2H6/c1-29-14(28)12(7-2-3-10(8(17)4-7)30-16(20,21)22)26-11-5-9(13(18)19)25-15-23-6-24-27(11)15;1-28-14(27)12(7-2-3-10(8(17)4-7)29-15(20)21)25-11-5-9(13(18)19)24-16-22-6-23-26(11)16;1-2/h2-6,12-13,26H,1H3;2-6,12-13,15,25H,1H3;1-2H3. The molecule has 0 aliphatic carbocycles. The van der Waals surface area contributed by atoms with Crippen molar-refractivity contribution in [2.24, 2.45) is 0 Å². The Morgan fingerprint density at radius 3 is 1.41 bits per heavy atom. The van der Waals surface area contributed by atoms with E-state index in [2.05, 4.69) is 59.7 Å². The normalized spacial score (nSPS) is 12.3. The molecule has 0 aliphatic rings. The van der Waals surface area contributed by atoms with Gasteiger partial charge in [-0.3, -0.25) is 0 Å². The number of anilines is 2. The van der Waals surface area contributed by atoms with Crippen LogP contribution in [0.3, 0.4) is 0 Å². The van der Waals surface area contributed by atoms with Gasteiger partial charge in [0.15, 0.2) is 35.2 Å². The molecular weight excluding hydrogens is 853 g/mol. The number of ether oxygens (including phenoxy) is 4. The summed E-state index contributed by atoms with van der Waals surface area (Å²) in [6.07, 6.45) is -8.94. The van der Waals surface area contributed by atoms with Crippen molar-refractivity contribution < 1.29 is 76.8 Å². The number of nitrogens with one attached hydrogen (secondary N) is 2. The Hall–Kier alpha value is -7.09. The molecule has 4 heterocycles. The van der Waals surface area contributed by atoms with Gasteiger partial charge in [-0.05, 0) is 35.4 Å². The fraction of sp³-hybridized carbons (Fsp3) is 0.294. The molecule has 0 saturated heterocycles. The second kappa shape index (κ2) is 20.2. The number of rotatable bonds is 13. The third kappa shape index (κ3) is 11.8. The minimum atomic E-state index is -5.12. The lowest BCUT2D eigenvalue weighted by molar-refractivity contribution is -0.275. The lowest BCUT2D eigenvalue weighted by Gasteiger charge is -2.19. The molecule has 2 unspecified atom stereocenters. The van der Waals surface area contributed by atoms with E-state index in [1.54, 1.807) is 0 Å². The first-order chi connectivity index (χ1) is 28.9. The number of esters is 2. The molecule has 61 heavy (non-hydrogen) atoms. The summed E-state index contributed by atoms with van der Waals surface area (Å²) < 4.78 is 161. The van der Waals surface area contributed by atoms with Crippen LogP contribution in [0.1, 0.15) is 61.3 Å². The maximum atomic E-state index is 14.1. The van der Waals surface area contributed by atoms with E-state index in [1.165, 1.54) is 0 Å². The Morgan fingerprint density at radius 2 is 1.07 bits per heavy atom. The molecule has 0 saturated carbocycles. The van der Waals surface area contributed by atoms with Crippen LogP contribution in [0, 0.1) is 11.6 Å². The minimum absolute atomic E-state index is 0.0420. The molecule has 2 N–H and O–H groups in total. The summed E-state index contributed by atoms with van der Waals surface area (Å²) in [6, 6.07) is 4.01. The highest BCUT2D eigenvalue weighted by atomic mass is 19.4. The van der Waals surface area contributed by atoms with Gasteiger partial charge in [-0.25, -0.2) is 45.9 Å². The fourth-order valence-electron chi connectivity index (χ4n) is 4.97. The largest absolute Gasteiger partial charge is 0.573 e. The van der Waals surface area contributed by atoms with Gasteiger partial charge in [0, 0.05) is 12.1 Å². The van der Waals surface area contributed by atoms with Gasteiger partial charge in [-0.15, -0.1) is 13.2 Å². The molecule has 6 rings (SSSR count). The summed E-state index contributed by atoms with van der Waals surface area (Å²) in [5.41, 5.74) is -1.53. The van der Waals surface area contributed by atoms with Gasteiger partial charge in [0.25, 0.3) is 24.4 Å². The van der Waals surface area contributed by atoms with Gasteiger partial charge in [0.2, 0.25) is 0 Å². The number of alkyl halides is 9. The van der Waals surface area contributed by atoms with Gasteiger partial charge in [-0.2, -0.15) is 38.0 Å². The zero-order valence-corrected chi connectivity index (χ0v) is 31.3. The van der Waals surface area contributed by atoms with Crippen molar-refractivity contribution in [3.05, 3.63) is 95.3 Å². The van der Waals surface area contributed by atoms with Crippen molar-refractivity contribution in [1.29, 1.82) is 0 Å². The van der Waals surface area contributed by atoms with Crippen molar-refractivity contribution >= 4 is 35.1 Å². The number of fused-ring (bicyclic) bond motifs is 2. The number of methoxy groups -OCH3 is 2. The summed E-state index contributed by atoms with van der Waals surface area (Å²) in [5.74, 6) is -6.95. The number of hydrogen-bond acceptors (Lipinski definition) is 14. The first kappa shape index (κ1) is 46.6. The van der Waals surface area contributed by atoms with Crippen LogP contribution in [0.2, 0.25) is 0 Å². The average molecular weight is 883 g/mol. The van der Waals surface area contributed by atoms with Crippen molar-refractivity contribution in [2.45, 2.75) is 51.8 Å². The maximum Gasteiger partial charge on any atom is 0.573 e. The molecule has 6 aromatic rings. The molecule has 2 aromatic carbocycles. The molecule has 16 nitrogen and oxygen atoms in total. The third-order valence-corrected chi connectivity index (χ3v) is 7.47. The Morgan fingerprint density at radius 1 is 0.656 bits per heavy atom. The van der Waals surface area contributed by atoms with Crippen LogP contribution in [0.25, 0.3) is 11.6 Å². The maximum absolute atomic E-state index is 14.1. The lowest BCUT2D eigenvalue weighted by atomic mass is 10.1. The van der Waals surface area contributed by atoms with Crippen LogP contribution >= 0.6 is 0 Å². The van der Waals surface area contributed by atoms with Crippen LogP contribution < -0.4 is 20.1 Å². The van der Waals surface area contributed by atoms with Crippen molar-refractivity contribution in [1.82, 2.24) is 39.2 Å². The molecule has 0 amide bonds. The van der Waals surface area contributed by atoms with Crippen LogP contribution in [0.4, 0.5) is 59.9 Å². The Labute approximate surface area is 334 Å². The van der Waals surface area contributed by atoms with Crippen molar-refractivity contribution in [3.8, 4) is 11.5 Å². The molecule has 0 radical (unpaired) electrons. The number of hydrogen-bond donors (Lipinski definition) is 2. The van der Waals surface area contributed by atoms with Crippen LogP contribution in [0.15, 0.2) is 61.2 Å². The number of aromatic nitrogens is 8. The molecule has 0 spiro atoms. The zero-order chi connectivity index (χ0) is 45.2. The van der Waals surface area contributed by atoms with E-state index < -0.39 is 84.4 Å². The van der Waals surface area contributed by atoms with E-state index in [4.69, 9.17) is 0 Å². The summed E-state index contributed by atoms with van der Waals surface area (Å²) in [7, 11) is 2.07. The second-order valence-corrected chi connectivity index (χ2v) is 11.2. The van der Waals surface area contributed by atoms with Crippen LogP contribution in [0.5, 0.6) is 11.5 Å². The molecule has 27 heteroatoms. The molecule has 2 atom stereocenters. The molecular formula is C34H29F11N10O6. The van der Waals surface area contributed by atoms with E-state index in [-0.39, 0.29) is 34.3 Å². The predicted molar refractivity (Wildman–Crippen MR) is 186 cm³/mol. The smallest absolute Gasteiger partial charge is 0.467 e. The predicted octanol–water partition coefficient (Wildman–Crippen LogP) is 7.58. The number of carbonyl (C=O) groups is 2. The minimum Gasteiger partial charge on any atom is -0.467 e. The first-order valence-electron chi connectivity index (χ1n) is 16.8. The molecule has 328 valence electrons. The second-order valence-electron chi connectivity index (χ2n) is 11.2. The van der Waals surface area contributed by atoms with Gasteiger partial charge < -0.3 is 29.6 Å². The van der Waals surface area contributed by atoms with Crippen LogP contribution in [-0.4, -0.2) is 78.3 Å². The summed E-state index contributed by atoms with van der Waals surface area (Å²) in [4.78, 5) is 39.1. The topological polar surface area (TPSA) is 181 Å². The van der Waals surface area contributed by atoms with Crippen LogP contribution in [-0.2, 0) is 19.1 Å². The van der Waals surface area contributed by atoms with Gasteiger partial charge >= 0.3 is 24.9 Å². The van der Waals surface area contributed by atoms with Crippen molar-refractivity contribution in [3.63, 3.8) is 0 Å². The Kier molecular flexibility index (Phi) is 15.5. The quantitative estimate of drug-likeness (QED) is 0.0856. The average Bonchev–Trinajstić information content (AvgIpc) is 3.91. The molecule has 0 aliphatic heterocycles. The number of halogens is 11. The highest BCUT2D eigenvalue weighted by Gasteiger charge is 2.33. The molecule has 0 bridgehead atoms. The van der Waals surface area contributed by atoms with E-state index in [1.807, 2.05) is 13.8 Å². The van der Waals surface area contributed by atoms with Gasteiger partial charge in [0.05, 0.1) is 14.2 Å². The lowest BCUT2D eigenvalue weighted by Crippen LogP contribution is -2.24. The fourth-order valence-corrected chi connectivity index (χ4v) is 4.97.